The van der Waals surface area contributed by atoms with Crippen LogP contribution in [0.2, 0.25) is 10.0 Å². The Labute approximate surface area is 147 Å². The highest BCUT2D eigenvalue weighted by Crippen LogP contribution is 2.31. The number of rotatable bonds is 4. The highest BCUT2D eigenvalue weighted by Gasteiger charge is 2.13. The lowest BCUT2D eigenvalue weighted by atomic mass is 10.2. The maximum absolute atomic E-state index is 8.90. The van der Waals surface area contributed by atoms with Crippen LogP contribution in [0.3, 0.4) is 0 Å². The largest absolute Gasteiger partial charge is 0.411 e. The SMILES string of the molecule is N#Cc1cccc(CSc2nnc(-c3ccc(Cl)cc3Cl)o2)c1. The Morgan fingerprint density at radius 3 is 2.78 bits per heavy atom. The molecule has 0 aliphatic heterocycles. The Bertz CT molecular complexity index is 889. The average molecular weight is 362 g/mol. The van der Waals surface area contributed by atoms with Crippen molar-refractivity contribution in [3.05, 3.63) is 63.6 Å². The van der Waals surface area contributed by atoms with E-state index in [0.717, 1.165) is 5.56 Å². The van der Waals surface area contributed by atoms with Crippen LogP contribution in [0.4, 0.5) is 0 Å². The van der Waals surface area contributed by atoms with Gasteiger partial charge in [-0.2, -0.15) is 5.26 Å². The number of nitrogens with zero attached hydrogens (tertiary/aromatic N) is 3. The highest BCUT2D eigenvalue weighted by atomic mass is 35.5. The topological polar surface area (TPSA) is 62.7 Å². The van der Waals surface area contributed by atoms with E-state index >= 15 is 0 Å². The maximum Gasteiger partial charge on any atom is 0.277 e. The van der Waals surface area contributed by atoms with Crippen LogP contribution in [0.5, 0.6) is 0 Å². The number of hydrogen-bond acceptors (Lipinski definition) is 5. The summed E-state index contributed by atoms with van der Waals surface area (Å²) in [6, 6.07) is 14.6. The Kier molecular flexibility index (Phi) is 4.87. The van der Waals surface area contributed by atoms with E-state index in [9.17, 15) is 0 Å². The first-order valence-corrected chi connectivity index (χ1v) is 8.30. The van der Waals surface area contributed by atoms with Crippen molar-refractivity contribution in [1.29, 1.82) is 5.26 Å². The van der Waals surface area contributed by atoms with Crippen LogP contribution in [0, 0.1) is 11.3 Å². The molecule has 4 nitrogen and oxygen atoms in total. The van der Waals surface area contributed by atoms with Gasteiger partial charge in [0.25, 0.3) is 5.22 Å². The summed E-state index contributed by atoms with van der Waals surface area (Å²) in [4.78, 5) is 0. The van der Waals surface area contributed by atoms with Crippen LogP contribution >= 0.6 is 35.0 Å². The van der Waals surface area contributed by atoms with E-state index in [1.54, 1.807) is 24.3 Å². The Morgan fingerprint density at radius 1 is 1.13 bits per heavy atom. The minimum Gasteiger partial charge on any atom is -0.411 e. The second-order valence-electron chi connectivity index (χ2n) is 4.60. The molecule has 1 aromatic heterocycles. The van der Waals surface area contributed by atoms with Crippen molar-refractivity contribution in [2.24, 2.45) is 0 Å². The van der Waals surface area contributed by atoms with Gasteiger partial charge in [0, 0.05) is 10.8 Å². The minimum atomic E-state index is 0.347. The van der Waals surface area contributed by atoms with Gasteiger partial charge in [0.15, 0.2) is 0 Å². The van der Waals surface area contributed by atoms with Gasteiger partial charge >= 0.3 is 0 Å². The van der Waals surface area contributed by atoms with Gasteiger partial charge < -0.3 is 4.42 Å². The van der Waals surface area contributed by atoms with Gasteiger partial charge in [0.1, 0.15) is 0 Å². The normalized spacial score (nSPS) is 10.5. The number of aromatic nitrogens is 2. The summed E-state index contributed by atoms with van der Waals surface area (Å²) in [5, 5.41) is 18.4. The van der Waals surface area contributed by atoms with Crippen LogP contribution in [-0.2, 0) is 5.75 Å². The second kappa shape index (κ2) is 7.05. The Hall–Kier alpha value is -2.00. The summed E-state index contributed by atoms with van der Waals surface area (Å²) in [6.07, 6.45) is 0. The van der Waals surface area contributed by atoms with Gasteiger partial charge in [-0.3, -0.25) is 0 Å². The molecule has 3 aromatic rings. The number of halogens is 2. The van der Waals surface area contributed by atoms with Gasteiger partial charge in [-0.15, -0.1) is 10.2 Å². The third kappa shape index (κ3) is 3.85. The number of hydrogen-bond donors (Lipinski definition) is 0. The Morgan fingerprint density at radius 2 is 2.00 bits per heavy atom. The molecule has 114 valence electrons. The van der Waals surface area contributed by atoms with Crippen LogP contribution in [0.15, 0.2) is 52.1 Å². The lowest BCUT2D eigenvalue weighted by molar-refractivity contribution is 0.466. The summed E-state index contributed by atoms with van der Waals surface area (Å²) >= 11 is 13.4. The minimum absolute atomic E-state index is 0.347. The molecule has 0 aliphatic rings. The number of nitriles is 1. The molecule has 0 atom stereocenters. The fourth-order valence-electron chi connectivity index (χ4n) is 1.92. The molecule has 0 bridgehead atoms. The molecule has 0 unspecified atom stereocenters. The zero-order valence-corrected chi connectivity index (χ0v) is 14.0. The molecule has 0 fully saturated rings. The fraction of sp³-hybridized carbons (Fsp3) is 0.0625. The van der Waals surface area contributed by atoms with Crippen LogP contribution in [0.1, 0.15) is 11.1 Å². The lowest BCUT2D eigenvalue weighted by Gasteiger charge is -2.00. The van der Waals surface area contributed by atoms with Gasteiger partial charge in [-0.25, -0.2) is 0 Å². The molecule has 0 saturated heterocycles. The fourth-order valence-corrected chi connectivity index (χ4v) is 3.11. The van der Waals surface area contributed by atoms with Crippen molar-refractivity contribution in [2.75, 3.05) is 0 Å². The first-order chi connectivity index (χ1) is 11.2. The summed E-state index contributed by atoms with van der Waals surface area (Å²) in [6.45, 7) is 0. The Balaban J connectivity index is 1.73. The highest BCUT2D eigenvalue weighted by molar-refractivity contribution is 7.98. The molecule has 0 amide bonds. The predicted octanol–water partition coefficient (Wildman–Crippen LogP) is 5.21. The zero-order valence-electron chi connectivity index (χ0n) is 11.7. The molecular formula is C16H9Cl2N3OS. The summed E-state index contributed by atoms with van der Waals surface area (Å²) < 4.78 is 5.62. The summed E-state index contributed by atoms with van der Waals surface area (Å²) in [5.74, 6) is 0.978. The lowest BCUT2D eigenvalue weighted by Crippen LogP contribution is -1.82. The molecule has 2 aromatic carbocycles. The monoisotopic (exact) mass is 361 g/mol. The third-order valence-corrected chi connectivity index (χ3v) is 4.42. The molecule has 7 heteroatoms. The van der Waals surface area contributed by atoms with Crippen LogP contribution in [-0.4, -0.2) is 10.2 Å². The van der Waals surface area contributed by atoms with E-state index < -0.39 is 0 Å². The predicted molar refractivity (Wildman–Crippen MR) is 90.5 cm³/mol. The smallest absolute Gasteiger partial charge is 0.277 e. The first-order valence-electron chi connectivity index (χ1n) is 6.56. The van der Waals surface area contributed by atoms with Crippen molar-refractivity contribution < 1.29 is 4.42 Å². The van der Waals surface area contributed by atoms with E-state index in [0.29, 0.717) is 38.0 Å². The molecular weight excluding hydrogens is 353 g/mol. The van der Waals surface area contributed by atoms with Crippen LogP contribution in [0.25, 0.3) is 11.5 Å². The average Bonchev–Trinajstić information content (AvgIpc) is 3.02. The van der Waals surface area contributed by atoms with Crippen molar-refractivity contribution >= 4 is 35.0 Å². The standard InChI is InChI=1S/C16H9Cl2N3OS/c17-12-4-5-13(14(18)7-12)15-20-21-16(22-15)23-9-11-3-1-2-10(6-11)8-19/h1-7H,9H2. The van der Waals surface area contributed by atoms with Crippen LogP contribution < -0.4 is 0 Å². The molecule has 0 spiro atoms. The first kappa shape index (κ1) is 15.9. The zero-order chi connectivity index (χ0) is 16.2. The van der Waals surface area contributed by atoms with E-state index in [2.05, 4.69) is 16.3 Å². The summed E-state index contributed by atoms with van der Waals surface area (Å²) in [5.41, 5.74) is 2.28. The van der Waals surface area contributed by atoms with E-state index in [1.165, 1.54) is 11.8 Å². The molecule has 0 N–H and O–H groups in total. The maximum atomic E-state index is 8.90. The van der Waals surface area contributed by atoms with E-state index in [1.807, 2.05) is 18.2 Å². The molecule has 0 radical (unpaired) electrons. The van der Waals surface area contributed by atoms with Crippen molar-refractivity contribution in [2.45, 2.75) is 11.0 Å². The molecule has 23 heavy (non-hydrogen) atoms. The quantitative estimate of drug-likeness (QED) is 0.597. The molecule has 3 rings (SSSR count). The van der Waals surface area contributed by atoms with Gasteiger partial charge in [0.05, 0.1) is 22.2 Å². The van der Waals surface area contributed by atoms with Gasteiger partial charge in [-0.1, -0.05) is 47.1 Å². The second-order valence-corrected chi connectivity index (χ2v) is 6.37. The van der Waals surface area contributed by atoms with Crippen molar-refractivity contribution in [1.82, 2.24) is 10.2 Å². The van der Waals surface area contributed by atoms with Gasteiger partial charge in [-0.05, 0) is 35.9 Å². The summed E-state index contributed by atoms with van der Waals surface area (Å²) in [7, 11) is 0. The number of thioether (sulfide) groups is 1. The molecule has 0 saturated carbocycles. The molecule has 0 aliphatic carbocycles. The van der Waals surface area contributed by atoms with Crippen molar-refractivity contribution in [3.63, 3.8) is 0 Å². The van der Waals surface area contributed by atoms with Crippen molar-refractivity contribution in [3.8, 4) is 17.5 Å². The van der Waals surface area contributed by atoms with E-state index in [-0.39, 0.29) is 0 Å². The molecule has 1 heterocycles. The van der Waals surface area contributed by atoms with E-state index in [4.69, 9.17) is 32.9 Å². The third-order valence-electron chi connectivity index (χ3n) is 2.99. The number of benzene rings is 2. The van der Waals surface area contributed by atoms with Gasteiger partial charge in [0.2, 0.25) is 5.89 Å².